The zero-order chi connectivity index (χ0) is 13.1. The van der Waals surface area contributed by atoms with Crippen molar-refractivity contribution >= 4 is 44.7 Å². The number of hydrogen-bond acceptors (Lipinski definition) is 5. The van der Waals surface area contributed by atoms with Crippen LogP contribution < -0.4 is 0 Å². The molecule has 0 spiro atoms. The molecule has 0 amide bonds. The van der Waals surface area contributed by atoms with E-state index in [9.17, 15) is 13.2 Å². The zero-order valence-electron chi connectivity index (χ0n) is 9.79. The van der Waals surface area contributed by atoms with Gasteiger partial charge in [0.25, 0.3) is 0 Å². The van der Waals surface area contributed by atoms with E-state index in [-0.39, 0.29) is 57.4 Å². The molecule has 0 radical (unpaired) electrons. The van der Waals surface area contributed by atoms with E-state index in [2.05, 4.69) is 3.79 Å². The molecule has 0 atom stereocenters. The predicted octanol–water partition coefficient (Wildman–Crippen LogP) is 0.474. The number of halogens is 3. The summed E-state index contributed by atoms with van der Waals surface area (Å²) >= 11 is -2.78. The Balaban J connectivity index is -0.00000128. The van der Waals surface area contributed by atoms with Gasteiger partial charge in [0.15, 0.2) is 0 Å². The quantitative estimate of drug-likeness (QED) is 0.434. The molecule has 0 aliphatic rings. The van der Waals surface area contributed by atoms with Gasteiger partial charge in [0.2, 0.25) is 0 Å². The van der Waals surface area contributed by atoms with Crippen molar-refractivity contribution in [3.8, 4) is 0 Å². The molecule has 0 fully saturated rings. The summed E-state index contributed by atoms with van der Waals surface area (Å²) in [5, 5.41) is 0. The summed E-state index contributed by atoms with van der Waals surface area (Å²) in [5.41, 5.74) is 0. The molecule has 0 saturated heterocycles. The Morgan fingerprint density at radius 1 is 0.889 bits per heavy atom. The average molecular weight is 302 g/mol. The van der Waals surface area contributed by atoms with E-state index < -0.39 is 27.9 Å². The second-order valence-corrected chi connectivity index (χ2v) is 4.52. The van der Waals surface area contributed by atoms with Crippen molar-refractivity contribution in [2.45, 2.75) is 6.18 Å². The molecule has 0 bridgehead atoms. The SMILES string of the molecule is COCC[O][Al]([O]CCOC)[O]CC(F)(F)F.[HH].[NaH]. The Labute approximate surface area is 133 Å². The molecule has 0 aromatic heterocycles. The van der Waals surface area contributed by atoms with Crippen LogP contribution in [-0.4, -0.2) is 98.1 Å². The van der Waals surface area contributed by atoms with Gasteiger partial charge in [-0.15, -0.1) is 0 Å². The molecule has 0 aliphatic carbocycles. The van der Waals surface area contributed by atoms with Crippen LogP contribution in [-0.2, 0) is 20.8 Å². The molecule has 0 aromatic rings. The fraction of sp³-hybridized carbons (Fsp3) is 1.00. The molecule has 10 heteroatoms. The van der Waals surface area contributed by atoms with Crippen LogP contribution in [0.25, 0.3) is 0 Å². The van der Waals surface area contributed by atoms with E-state index in [1.807, 2.05) is 0 Å². The van der Waals surface area contributed by atoms with Crippen LogP contribution in [0.1, 0.15) is 1.43 Å². The molecule has 0 rings (SSSR count). The fourth-order valence-corrected chi connectivity index (χ4v) is 1.95. The van der Waals surface area contributed by atoms with Crippen LogP contribution in [0.3, 0.4) is 0 Å². The molecule has 0 aromatic carbocycles. The monoisotopic (exact) mass is 302 g/mol. The molecule has 18 heavy (non-hydrogen) atoms. The third kappa shape index (κ3) is 15.2. The van der Waals surface area contributed by atoms with Crippen molar-refractivity contribution in [2.75, 3.05) is 47.3 Å². The van der Waals surface area contributed by atoms with Crippen molar-refractivity contribution < 1.29 is 35.4 Å². The van der Waals surface area contributed by atoms with Gasteiger partial charge in [0.05, 0.1) is 13.2 Å². The standard InChI is InChI=1S/2C3H7O2.C2H2F3O.Al.Na.H2.H/c2*1-5-3-2-4;3-2(4,5)1-6;;;;/h2*2-3H2,1H3;1H2;;;1H;/q3*-1;+3;;;. The van der Waals surface area contributed by atoms with E-state index in [4.69, 9.17) is 17.1 Å². The first-order valence-electron chi connectivity index (χ1n) is 4.89. The molecular weight excluding hydrogens is 283 g/mol. The molecule has 0 heterocycles. The summed E-state index contributed by atoms with van der Waals surface area (Å²) in [6, 6.07) is 0. The fourth-order valence-electron chi connectivity index (χ4n) is 0.762. The van der Waals surface area contributed by atoms with Crippen molar-refractivity contribution in [2.24, 2.45) is 0 Å². The normalized spacial score (nSPS) is 11.2. The third-order valence-electron chi connectivity index (χ3n) is 1.47. The van der Waals surface area contributed by atoms with Gasteiger partial charge in [-0.1, -0.05) is 0 Å². The van der Waals surface area contributed by atoms with Crippen LogP contribution >= 0.6 is 0 Å². The van der Waals surface area contributed by atoms with Crippen LogP contribution in [0.5, 0.6) is 0 Å². The Kier molecular flexibility index (Phi) is 15.6. The van der Waals surface area contributed by atoms with E-state index in [0.717, 1.165) is 0 Å². The second-order valence-electron chi connectivity index (χ2n) is 2.94. The molecule has 106 valence electrons. The van der Waals surface area contributed by atoms with E-state index in [1.165, 1.54) is 14.2 Å². The van der Waals surface area contributed by atoms with Gasteiger partial charge in [-0.2, -0.15) is 13.2 Å². The number of ether oxygens (including phenoxy) is 2. The van der Waals surface area contributed by atoms with E-state index in [0.29, 0.717) is 0 Å². The molecule has 0 N–H and O–H groups in total. The summed E-state index contributed by atoms with van der Waals surface area (Å²) in [7, 11) is 2.92. The second kappa shape index (κ2) is 13.1. The topological polar surface area (TPSA) is 46.2 Å². The van der Waals surface area contributed by atoms with Crippen LogP contribution in [0.2, 0.25) is 0 Å². The van der Waals surface area contributed by atoms with Gasteiger partial charge in [-0.3, -0.25) is 0 Å². The Morgan fingerprint density at radius 2 is 1.33 bits per heavy atom. The molecule has 0 aliphatic heterocycles. The van der Waals surface area contributed by atoms with Gasteiger partial charge in [0.1, 0.15) is 6.61 Å². The number of hydrogen-bond donors (Lipinski definition) is 0. The van der Waals surface area contributed by atoms with Gasteiger partial charge in [0, 0.05) is 28.9 Å². The molecular formula is C8H19AlF3NaO5. The van der Waals surface area contributed by atoms with Crippen molar-refractivity contribution in [3.63, 3.8) is 0 Å². The minimum atomic E-state index is -4.39. The van der Waals surface area contributed by atoms with Crippen LogP contribution in [0.15, 0.2) is 0 Å². The first-order chi connectivity index (χ1) is 7.99. The van der Waals surface area contributed by atoms with Crippen LogP contribution in [0.4, 0.5) is 13.2 Å². The maximum absolute atomic E-state index is 11.9. The van der Waals surface area contributed by atoms with Gasteiger partial charge in [-0.25, -0.2) is 0 Å². The van der Waals surface area contributed by atoms with E-state index in [1.54, 1.807) is 0 Å². The first kappa shape index (κ1) is 21.4. The predicted molar refractivity (Wildman–Crippen MR) is 62.7 cm³/mol. The molecule has 0 unspecified atom stereocenters. The maximum atomic E-state index is 11.9. The summed E-state index contributed by atoms with van der Waals surface area (Å²) in [6.45, 7) is -0.556. The average Bonchev–Trinajstić information content (AvgIpc) is 2.24. The summed E-state index contributed by atoms with van der Waals surface area (Å²) < 4.78 is 59.8. The Bertz CT molecular complexity index is 182. The first-order valence-corrected chi connectivity index (χ1v) is 6.30. The summed E-state index contributed by atoms with van der Waals surface area (Å²) in [4.78, 5) is 0. The Morgan fingerprint density at radius 3 is 1.67 bits per heavy atom. The number of rotatable bonds is 10. The third-order valence-corrected chi connectivity index (χ3v) is 2.92. The number of alkyl halides is 3. The summed E-state index contributed by atoms with van der Waals surface area (Å²) in [6.07, 6.45) is -4.39. The summed E-state index contributed by atoms with van der Waals surface area (Å²) in [5.74, 6) is 0. The molecule has 0 saturated carbocycles. The van der Waals surface area contributed by atoms with Gasteiger partial charge < -0.3 is 20.8 Å². The van der Waals surface area contributed by atoms with Crippen LogP contribution in [0, 0.1) is 0 Å². The van der Waals surface area contributed by atoms with Crippen molar-refractivity contribution in [1.82, 2.24) is 0 Å². The van der Waals surface area contributed by atoms with Gasteiger partial charge in [-0.05, 0) is 0 Å². The van der Waals surface area contributed by atoms with Crippen molar-refractivity contribution in [1.29, 1.82) is 0 Å². The Hall–Kier alpha value is 1.12. The molecule has 5 nitrogen and oxygen atoms in total. The van der Waals surface area contributed by atoms with E-state index >= 15 is 0 Å². The number of methoxy groups -OCH3 is 2. The zero-order valence-corrected chi connectivity index (χ0v) is 10.9. The van der Waals surface area contributed by atoms with Gasteiger partial charge >= 0.3 is 50.9 Å². The minimum absolute atomic E-state index is 0. The van der Waals surface area contributed by atoms with Crippen molar-refractivity contribution in [3.05, 3.63) is 0 Å².